The summed E-state index contributed by atoms with van der Waals surface area (Å²) in [5.74, 6) is -2.46. The Labute approximate surface area is 198 Å². The number of pyridine rings is 1. The molecule has 0 aliphatic rings. The molecular formula is C26H27FNO5P. The van der Waals surface area contributed by atoms with Crippen molar-refractivity contribution in [3.8, 4) is 22.4 Å². The van der Waals surface area contributed by atoms with Gasteiger partial charge in [0.15, 0.2) is 5.16 Å². The van der Waals surface area contributed by atoms with Crippen molar-refractivity contribution < 1.29 is 28.9 Å². The standard InChI is InChI=1S/C26H27FNO5P/c1-5-26(24(29)30,34(32)33)25(4,31)22-20(17-11-13-19(27)14-12-17)15-21(28-23(22)16(2)3)18-9-7-6-8-10-18/h5-16,31,34H,1H2,2-4H3,(H,29,30)(H,32,33). The van der Waals surface area contributed by atoms with Crippen molar-refractivity contribution in [1.29, 1.82) is 0 Å². The lowest BCUT2D eigenvalue weighted by molar-refractivity contribution is -0.145. The minimum Gasteiger partial charge on any atom is -0.480 e. The smallest absolute Gasteiger partial charge is 0.326 e. The predicted molar refractivity (Wildman–Crippen MR) is 131 cm³/mol. The van der Waals surface area contributed by atoms with E-state index >= 15 is 0 Å². The zero-order valence-electron chi connectivity index (χ0n) is 19.1. The molecule has 3 N–H and O–H groups in total. The van der Waals surface area contributed by atoms with Crippen LogP contribution in [0, 0.1) is 5.82 Å². The van der Waals surface area contributed by atoms with Gasteiger partial charge in [-0.05, 0) is 42.2 Å². The first-order valence-electron chi connectivity index (χ1n) is 10.7. The summed E-state index contributed by atoms with van der Waals surface area (Å²) in [6.45, 7) is 8.30. The number of hydrogen-bond acceptors (Lipinski definition) is 4. The van der Waals surface area contributed by atoms with E-state index in [4.69, 9.17) is 4.98 Å². The Bertz CT molecular complexity index is 1230. The molecule has 0 bridgehead atoms. The number of carboxylic acid groups (broad SMARTS) is 1. The van der Waals surface area contributed by atoms with Gasteiger partial charge in [0, 0.05) is 11.1 Å². The summed E-state index contributed by atoms with van der Waals surface area (Å²) in [6.07, 6.45) is 0.806. The average Bonchev–Trinajstić information content (AvgIpc) is 2.79. The van der Waals surface area contributed by atoms with Crippen molar-refractivity contribution in [2.45, 2.75) is 37.4 Å². The van der Waals surface area contributed by atoms with E-state index in [1.807, 2.05) is 44.2 Å². The van der Waals surface area contributed by atoms with Crippen LogP contribution in [0.3, 0.4) is 0 Å². The highest BCUT2D eigenvalue weighted by Gasteiger charge is 2.58. The van der Waals surface area contributed by atoms with Gasteiger partial charge in [-0.1, -0.05) is 62.4 Å². The number of rotatable bonds is 8. The van der Waals surface area contributed by atoms with Crippen LogP contribution in [0.5, 0.6) is 0 Å². The first-order chi connectivity index (χ1) is 16.0. The Balaban J connectivity index is 2.50. The molecule has 3 aromatic rings. The summed E-state index contributed by atoms with van der Waals surface area (Å²) in [5, 5.41) is 19.2. The SMILES string of the molecule is C=CC(C(=O)O)([PH](=O)O)C(C)(O)c1c(-c2ccc(F)cc2)cc(-c2ccccc2)nc1C(C)C. The number of carbonyl (C=O) groups is 1. The van der Waals surface area contributed by atoms with Gasteiger partial charge in [0.2, 0.25) is 8.03 Å². The van der Waals surface area contributed by atoms with Crippen molar-refractivity contribution in [1.82, 2.24) is 4.98 Å². The topological polar surface area (TPSA) is 108 Å². The highest BCUT2D eigenvalue weighted by atomic mass is 31.1. The maximum atomic E-state index is 13.7. The van der Waals surface area contributed by atoms with Gasteiger partial charge in [0.05, 0.1) is 11.4 Å². The number of halogens is 1. The molecule has 0 fully saturated rings. The Kier molecular flexibility index (Phi) is 7.22. The zero-order valence-corrected chi connectivity index (χ0v) is 20.1. The molecule has 0 aliphatic heterocycles. The van der Waals surface area contributed by atoms with Crippen LogP contribution in [0.1, 0.15) is 37.9 Å². The largest absolute Gasteiger partial charge is 0.480 e. The quantitative estimate of drug-likeness (QED) is 0.294. The molecule has 0 radical (unpaired) electrons. The van der Waals surface area contributed by atoms with E-state index in [0.717, 1.165) is 11.6 Å². The third-order valence-corrected chi connectivity index (χ3v) is 7.63. The van der Waals surface area contributed by atoms with Gasteiger partial charge in [0.1, 0.15) is 11.4 Å². The van der Waals surface area contributed by atoms with Crippen molar-refractivity contribution in [3.05, 3.63) is 90.4 Å². The average molecular weight is 483 g/mol. The molecule has 8 heteroatoms. The van der Waals surface area contributed by atoms with Crippen LogP contribution in [-0.2, 0) is 15.0 Å². The molecule has 3 atom stereocenters. The molecule has 3 rings (SSSR count). The lowest BCUT2D eigenvalue weighted by Crippen LogP contribution is -2.52. The van der Waals surface area contributed by atoms with Gasteiger partial charge in [-0.15, -0.1) is 6.58 Å². The van der Waals surface area contributed by atoms with E-state index in [1.165, 1.54) is 31.2 Å². The summed E-state index contributed by atoms with van der Waals surface area (Å²) in [6, 6.07) is 16.4. The second-order valence-electron chi connectivity index (χ2n) is 8.54. The van der Waals surface area contributed by atoms with Gasteiger partial charge in [-0.2, -0.15) is 0 Å². The van der Waals surface area contributed by atoms with Crippen LogP contribution >= 0.6 is 8.03 Å². The molecule has 34 heavy (non-hydrogen) atoms. The van der Waals surface area contributed by atoms with E-state index in [0.29, 0.717) is 22.5 Å². The number of carboxylic acids is 1. The van der Waals surface area contributed by atoms with Crippen LogP contribution in [0.4, 0.5) is 4.39 Å². The molecule has 3 unspecified atom stereocenters. The van der Waals surface area contributed by atoms with E-state index in [9.17, 15) is 28.9 Å². The molecule has 2 aromatic carbocycles. The zero-order chi connectivity index (χ0) is 25.3. The van der Waals surface area contributed by atoms with Crippen LogP contribution in [0.15, 0.2) is 73.3 Å². The first-order valence-corrected chi connectivity index (χ1v) is 12.0. The summed E-state index contributed by atoms with van der Waals surface area (Å²) in [4.78, 5) is 27.2. The van der Waals surface area contributed by atoms with E-state index in [1.54, 1.807) is 6.07 Å². The second kappa shape index (κ2) is 9.63. The minimum atomic E-state index is -3.90. The Morgan fingerprint density at radius 2 is 1.71 bits per heavy atom. The second-order valence-corrected chi connectivity index (χ2v) is 9.94. The molecular weight excluding hydrogens is 456 g/mol. The molecule has 0 amide bonds. The number of hydrogen-bond donors (Lipinski definition) is 3. The maximum Gasteiger partial charge on any atom is 0.326 e. The number of aromatic nitrogens is 1. The van der Waals surface area contributed by atoms with E-state index in [-0.39, 0.29) is 11.5 Å². The third kappa shape index (κ3) is 4.23. The highest BCUT2D eigenvalue weighted by Crippen LogP contribution is 2.53. The highest BCUT2D eigenvalue weighted by molar-refractivity contribution is 7.42. The van der Waals surface area contributed by atoms with Crippen LogP contribution < -0.4 is 0 Å². The minimum absolute atomic E-state index is 0.0727. The molecule has 178 valence electrons. The van der Waals surface area contributed by atoms with E-state index in [2.05, 4.69) is 6.58 Å². The summed E-state index contributed by atoms with van der Waals surface area (Å²) >= 11 is 0. The van der Waals surface area contributed by atoms with Gasteiger partial charge in [-0.25, -0.2) is 4.39 Å². The van der Waals surface area contributed by atoms with Gasteiger partial charge in [-0.3, -0.25) is 14.3 Å². The number of aliphatic hydroxyl groups is 1. The summed E-state index contributed by atoms with van der Waals surface area (Å²) in [5.41, 5.74) is 0.223. The Hall–Kier alpha value is -3.12. The lowest BCUT2D eigenvalue weighted by atomic mass is 9.75. The molecule has 1 heterocycles. The van der Waals surface area contributed by atoms with E-state index < -0.39 is 30.6 Å². The third-order valence-electron chi connectivity index (χ3n) is 6.05. The first kappa shape index (κ1) is 25.5. The fraction of sp³-hybridized carbons (Fsp3) is 0.231. The number of nitrogens with zero attached hydrogens (tertiary/aromatic N) is 1. The van der Waals surface area contributed by atoms with Crippen molar-refractivity contribution in [3.63, 3.8) is 0 Å². The van der Waals surface area contributed by atoms with Gasteiger partial charge < -0.3 is 15.1 Å². The Morgan fingerprint density at radius 1 is 1.12 bits per heavy atom. The molecule has 0 spiro atoms. The number of aliphatic carboxylic acids is 1. The molecule has 0 saturated heterocycles. The summed E-state index contributed by atoms with van der Waals surface area (Å²) < 4.78 is 26.2. The molecule has 0 aliphatic carbocycles. The van der Waals surface area contributed by atoms with Crippen molar-refractivity contribution in [2.75, 3.05) is 0 Å². The predicted octanol–water partition coefficient (Wildman–Crippen LogP) is 5.36. The molecule has 6 nitrogen and oxygen atoms in total. The Morgan fingerprint density at radius 3 is 2.18 bits per heavy atom. The molecule has 1 aromatic heterocycles. The maximum absolute atomic E-state index is 13.7. The molecule has 0 saturated carbocycles. The fourth-order valence-electron chi connectivity index (χ4n) is 4.19. The van der Waals surface area contributed by atoms with Crippen LogP contribution in [-0.4, -0.2) is 31.2 Å². The van der Waals surface area contributed by atoms with Crippen molar-refractivity contribution in [2.24, 2.45) is 0 Å². The number of benzene rings is 2. The lowest BCUT2D eigenvalue weighted by Gasteiger charge is -2.40. The van der Waals surface area contributed by atoms with Gasteiger partial charge >= 0.3 is 5.97 Å². The monoisotopic (exact) mass is 483 g/mol. The van der Waals surface area contributed by atoms with Crippen molar-refractivity contribution >= 4 is 14.0 Å². The van der Waals surface area contributed by atoms with Gasteiger partial charge in [0.25, 0.3) is 0 Å². The normalized spacial score (nSPS) is 15.9. The van der Waals surface area contributed by atoms with Crippen LogP contribution in [0.2, 0.25) is 0 Å². The summed E-state index contributed by atoms with van der Waals surface area (Å²) in [7, 11) is -3.90. The fourth-order valence-corrected chi connectivity index (χ4v) is 5.09. The van der Waals surface area contributed by atoms with Crippen LogP contribution in [0.25, 0.3) is 22.4 Å².